The molecule has 0 saturated heterocycles. The van der Waals surface area contributed by atoms with E-state index in [1.807, 2.05) is 31.2 Å². The van der Waals surface area contributed by atoms with Crippen LogP contribution in [0.15, 0.2) is 28.7 Å². The molecule has 0 amide bonds. The van der Waals surface area contributed by atoms with Crippen molar-refractivity contribution < 1.29 is 9.52 Å². The zero-order chi connectivity index (χ0) is 10.1. The first-order chi connectivity index (χ1) is 6.65. The summed E-state index contributed by atoms with van der Waals surface area (Å²) < 4.78 is 5.51. The highest BCUT2D eigenvalue weighted by Crippen LogP contribution is 2.20. The van der Waals surface area contributed by atoms with Crippen LogP contribution in [0.1, 0.15) is 18.2 Å². The quantitative estimate of drug-likeness (QED) is 0.789. The third kappa shape index (κ3) is 1.80. The summed E-state index contributed by atoms with van der Waals surface area (Å²) in [6, 6.07) is 8.07. The van der Waals surface area contributed by atoms with Gasteiger partial charge in [-0.1, -0.05) is 12.1 Å². The zero-order valence-corrected chi connectivity index (χ0v) is 8.45. The van der Waals surface area contributed by atoms with Crippen LogP contribution < -0.4 is 0 Å². The maximum atomic E-state index is 9.25. The second-order valence-electron chi connectivity index (χ2n) is 3.78. The molecule has 2 heteroatoms. The fourth-order valence-corrected chi connectivity index (χ4v) is 1.68. The molecule has 1 aromatic carbocycles. The van der Waals surface area contributed by atoms with Gasteiger partial charge in [0.2, 0.25) is 0 Å². The van der Waals surface area contributed by atoms with Gasteiger partial charge in [0, 0.05) is 5.39 Å². The van der Waals surface area contributed by atoms with Crippen LogP contribution in [0.5, 0.6) is 0 Å². The number of aliphatic hydroxyl groups excluding tert-OH is 1. The van der Waals surface area contributed by atoms with Crippen LogP contribution in [0.4, 0.5) is 0 Å². The van der Waals surface area contributed by atoms with Gasteiger partial charge in [-0.15, -0.1) is 0 Å². The van der Waals surface area contributed by atoms with Gasteiger partial charge in [0.25, 0.3) is 0 Å². The maximum absolute atomic E-state index is 9.25. The lowest BCUT2D eigenvalue weighted by atomic mass is 10.1. The van der Waals surface area contributed by atoms with Crippen LogP contribution in [0, 0.1) is 6.92 Å². The summed E-state index contributed by atoms with van der Waals surface area (Å²) in [5.74, 6) is 0.925. The molecular formula is C12H14O2. The van der Waals surface area contributed by atoms with Gasteiger partial charge in [-0.3, -0.25) is 0 Å². The largest absolute Gasteiger partial charge is 0.461 e. The van der Waals surface area contributed by atoms with Crippen LogP contribution in [0.2, 0.25) is 0 Å². The van der Waals surface area contributed by atoms with E-state index < -0.39 is 0 Å². The molecule has 1 heterocycles. The number of benzene rings is 1. The van der Waals surface area contributed by atoms with E-state index in [1.165, 1.54) is 0 Å². The highest BCUT2D eigenvalue weighted by molar-refractivity contribution is 5.78. The van der Waals surface area contributed by atoms with Crippen LogP contribution in [0.3, 0.4) is 0 Å². The molecule has 0 aliphatic rings. The Morgan fingerprint density at radius 3 is 2.86 bits per heavy atom. The molecule has 0 spiro atoms. The van der Waals surface area contributed by atoms with Crippen LogP contribution >= 0.6 is 0 Å². The highest BCUT2D eigenvalue weighted by Gasteiger charge is 2.03. The average Bonchev–Trinajstić information content (AvgIpc) is 2.42. The van der Waals surface area contributed by atoms with Gasteiger partial charge in [-0.05, 0) is 38.0 Å². The van der Waals surface area contributed by atoms with Gasteiger partial charge >= 0.3 is 0 Å². The minimum Gasteiger partial charge on any atom is -0.461 e. The molecule has 2 rings (SSSR count). The normalized spacial score (nSPS) is 13.4. The third-order valence-corrected chi connectivity index (χ3v) is 2.24. The van der Waals surface area contributed by atoms with Crippen molar-refractivity contribution in [1.82, 2.24) is 0 Å². The summed E-state index contributed by atoms with van der Waals surface area (Å²) in [5, 5.41) is 10.4. The molecule has 14 heavy (non-hydrogen) atoms. The van der Waals surface area contributed by atoms with E-state index in [0.717, 1.165) is 22.3 Å². The van der Waals surface area contributed by atoms with E-state index in [-0.39, 0.29) is 6.10 Å². The summed E-state index contributed by atoms with van der Waals surface area (Å²) in [7, 11) is 0. The number of furan rings is 1. The number of hydrogen-bond acceptors (Lipinski definition) is 2. The smallest absolute Gasteiger partial charge is 0.134 e. The molecule has 1 aromatic heterocycles. The van der Waals surface area contributed by atoms with E-state index in [4.69, 9.17) is 4.42 Å². The Balaban J connectivity index is 2.40. The van der Waals surface area contributed by atoms with Crippen LogP contribution in [0.25, 0.3) is 11.0 Å². The van der Waals surface area contributed by atoms with Crippen molar-refractivity contribution in [2.75, 3.05) is 0 Å². The predicted molar refractivity (Wildman–Crippen MR) is 56.3 cm³/mol. The van der Waals surface area contributed by atoms with Gasteiger partial charge in [0.15, 0.2) is 0 Å². The second-order valence-corrected chi connectivity index (χ2v) is 3.78. The molecule has 1 unspecified atom stereocenters. The van der Waals surface area contributed by atoms with Gasteiger partial charge in [0.05, 0.1) is 6.10 Å². The molecule has 0 radical (unpaired) electrons. The minimum atomic E-state index is -0.302. The fraction of sp³-hybridized carbons (Fsp3) is 0.333. The molecule has 74 valence electrons. The Kier molecular flexibility index (Phi) is 2.30. The molecule has 2 nitrogen and oxygen atoms in total. The van der Waals surface area contributed by atoms with E-state index in [0.29, 0.717) is 6.42 Å². The van der Waals surface area contributed by atoms with E-state index in [9.17, 15) is 5.11 Å². The number of rotatable bonds is 2. The van der Waals surface area contributed by atoms with Crippen molar-refractivity contribution in [3.8, 4) is 0 Å². The van der Waals surface area contributed by atoms with Crippen LogP contribution in [-0.2, 0) is 6.42 Å². The van der Waals surface area contributed by atoms with E-state index in [1.54, 1.807) is 6.92 Å². The molecular weight excluding hydrogens is 176 g/mol. The van der Waals surface area contributed by atoms with Gasteiger partial charge in [-0.25, -0.2) is 0 Å². The monoisotopic (exact) mass is 190 g/mol. The van der Waals surface area contributed by atoms with E-state index in [2.05, 4.69) is 0 Å². The predicted octanol–water partition coefficient (Wildman–Crippen LogP) is 2.66. The first-order valence-corrected chi connectivity index (χ1v) is 4.82. The Morgan fingerprint density at radius 2 is 2.14 bits per heavy atom. The Morgan fingerprint density at radius 1 is 1.36 bits per heavy atom. The standard InChI is InChI=1S/C12H14O2/c1-8(13)5-10-3-4-11-6-9(2)14-12(11)7-10/h3-4,6-8,13H,5H2,1-2H3. The summed E-state index contributed by atoms with van der Waals surface area (Å²) in [5.41, 5.74) is 2.02. The molecule has 0 saturated carbocycles. The lowest BCUT2D eigenvalue weighted by Crippen LogP contribution is -2.03. The van der Waals surface area contributed by atoms with Crippen molar-refractivity contribution in [3.05, 3.63) is 35.6 Å². The fourth-order valence-electron chi connectivity index (χ4n) is 1.68. The highest BCUT2D eigenvalue weighted by atomic mass is 16.3. The summed E-state index contributed by atoms with van der Waals surface area (Å²) >= 11 is 0. The van der Waals surface area contributed by atoms with E-state index >= 15 is 0 Å². The SMILES string of the molecule is Cc1cc2ccc(CC(C)O)cc2o1. The Bertz CT molecular complexity index is 441. The summed E-state index contributed by atoms with van der Waals surface area (Å²) in [4.78, 5) is 0. The second kappa shape index (κ2) is 3.46. The first-order valence-electron chi connectivity index (χ1n) is 4.82. The van der Waals surface area contributed by atoms with Crippen molar-refractivity contribution in [2.24, 2.45) is 0 Å². The number of hydrogen-bond donors (Lipinski definition) is 1. The van der Waals surface area contributed by atoms with Crippen molar-refractivity contribution >= 4 is 11.0 Å². The third-order valence-electron chi connectivity index (χ3n) is 2.24. The Labute approximate surface area is 83.2 Å². The minimum absolute atomic E-state index is 0.302. The van der Waals surface area contributed by atoms with Crippen LogP contribution in [-0.4, -0.2) is 11.2 Å². The first kappa shape index (κ1) is 9.28. The molecule has 0 bridgehead atoms. The molecule has 2 aromatic rings. The topological polar surface area (TPSA) is 33.4 Å². The molecule has 0 fully saturated rings. The van der Waals surface area contributed by atoms with Crippen molar-refractivity contribution in [2.45, 2.75) is 26.4 Å². The van der Waals surface area contributed by atoms with Crippen molar-refractivity contribution in [3.63, 3.8) is 0 Å². The number of aryl methyl sites for hydroxylation is 1. The average molecular weight is 190 g/mol. The summed E-state index contributed by atoms with van der Waals surface area (Å²) in [6.45, 7) is 3.73. The number of aliphatic hydroxyl groups is 1. The molecule has 0 aliphatic heterocycles. The Hall–Kier alpha value is -1.28. The lowest BCUT2D eigenvalue weighted by Gasteiger charge is -2.03. The zero-order valence-electron chi connectivity index (χ0n) is 8.45. The van der Waals surface area contributed by atoms with Gasteiger partial charge in [0.1, 0.15) is 11.3 Å². The number of fused-ring (bicyclic) bond motifs is 1. The summed E-state index contributed by atoms with van der Waals surface area (Å²) in [6.07, 6.45) is 0.374. The lowest BCUT2D eigenvalue weighted by molar-refractivity contribution is 0.195. The maximum Gasteiger partial charge on any atom is 0.134 e. The molecule has 1 N–H and O–H groups in total. The molecule has 1 atom stereocenters. The molecule has 0 aliphatic carbocycles. The van der Waals surface area contributed by atoms with Crippen molar-refractivity contribution in [1.29, 1.82) is 0 Å². The van der Waals surface area contributed by atoms with Gasteiger partial charge < -0.3 is 9.52 Å². The van der Waals surface area contributed by atoms with Gasteiger partial charge in [-0.2, -0.15) is 0 Å².